The van der Waals surface area contributed by atoms with Gasteiger partial charge in [0.1, 0.15) is 11.3 Å². The predicted molar refractivity (Wildman–Crippen MR) is 87.3 cm³/mol. The van der Waals surface area contributed by atoms with Gasteiger partial charge in [-0.25, -0.2) is 18.4 Å². The van der Waals surface area contributed by atoms with E-state index in [9.17, 15) is 18.0 Å². The molecule has 0 bridgehead atoms. The largest absolute Gasteiger partial charge is 0.449 e. The molecule has 0 spiro atoms. The SMILES string of the molecule is Cc1noc(C)c1C(=O)OC(C)C(=O)Nc1ccc(S(N)(=O)=O)cc1. The Bertz CT molecular complexity index is 882. The molecule has 0 fully saturated rings. The van der Waals surface area contributed by atoms with Gasteiger partial charge in [0.05, 0.1) is 10.6 Å². The van der Waals surface area contributed by atoms with Crippen molar-refractivity contribution >= 4 is 27.6 Å². The maximum atomic E-state index is 12.1. The predicted octanol–water partition coefficient (Wildman–Crippen LogP) is 1.12. The van der Waals surface area contributed by atoms with Crippen molar-refractivity contribution in [2.75, 3.05) is 5.32 Å². The minimum absolute atomic E-state index is 0.0802. The molecular weight excluding hydrogens is 350 g/mol. The van der Waals surface area contributed by atoms with E-state index >= 15 is 0 Å². The molecule has 134 valence electrons. The van der Waals surface area contributed by atoms with Crippen LogP contribution in [-0.2, 0) is 19.6 Å². The quantitative estimate of drug-likeness (QED) is 0.754. The van der Waals surface area contributed by atoms with Crippen LogP contribution in [0.25, 0.3) is 0 Å². The van der Waals surface area contributed by atoms with Crippen LogP contribution in [0.15, 0.2) is 33.7 Å². The molecule has 2 aromatic rings. The number of benzene rings is 1. The Kier molecular flexibility index (Phi) is 5.24. The fourth-order valence-electron chi connectivity index (χ4n) is 2.02. The first-order valence-corrected chi connectivity index (χ1v) is 8.72. The molecule has 9 nitrogen and oxygen atoms in total. The second-order valence-corrected chi connectivity index (χ2v) is 6.87. The highest BCUT2D eigenvalue weighted by Gasteiger charge is 2.24. The number of nitrogens with one attached hydrogen (secondary N) is 1. The summed E-state index contributed by atoms with van der Waals surface area (Å²) < 4.78 is 32.4. The highest BCUT2D eigenvalue weighted by Crippen LogP contribution is 2.16. The van der Waals surface area contributed by atoms with Gasteiger partial charge in [-0.15, -0.1) is 0 Å². The topological polar surface area (TPSA) is 142 Å². The van der Waals surface area contributed by atoms with E-state index in [0.717, 1.165) is 0 Å². The molecule has 0 aliphatic heterocycles. The van der Waals surface area contributed by atoms with E-state index < -0.39 is 28.0 Å². The van der Waals surface area contributed by atoms with Crippen molar-refractivity contribution < 1.29 is 27.3 Å². The number of hydrogen-bond donors (Lipinski definition) is 2. The number of primary sulfonamides is 1. The monoisotopic (exact) mass is 367 g/mol. The number of nitrogens with zero attached hydrogens (tertiary/aromatic N) is 1. The molecule has 1 unspecified atom stereocenters. The van der Waals surface area contributed by atoms with Crippen molar-refractivity contribution in [3.63, 3.8) is 0 Å². The lowest BCUT2D eigenvalue weighted by Crippen LogP contribution is -2.30. The van der Waals surface area contributed by atoms with Crippen molar-refractivity contribution in [2.24, 2.45) is 5.14 Å². The molecule has 3 N–H and O–H groups in total. The Morgan fingerprint density at radius 1 is 1.24 bits per heavy atom. The third kappa shape index (κ3) is 4.43. The van der Waals surface area contributed by atoms with Gasteiger partial charge >= 0.3 is 5.97 Å². The van der Waals surface area contributed by atoms with Gasteiger partial charge in [-0.1, -0.05) is 5.16 Å². The zero-order valence-corrected chi connectivity index (χ0v) is 14.6. The van der Waals surface area contributed by atoms with E-state index in [2.05, 4.69) is 10.5 Å². The van der Waals surface area contributed by atoms with Crippen molar-refractivity contribution in [1.29, 1.82) is 0 Å². The van der Waals surface area contributed by atoms with Crippen molar-refractivity contribution in [1.82, 2.24) is 5.16 Å². The minimum Gasteiger partial charge on any atom is -0.449 e. The molecule has 1 amide bonds. The summed E-state index contributed by atoms with van der Waals surface area (Å²) in [6, 6.07) is 5.26. The number of anilines is 1. The van der Waals surface area contributed by atoms with Gasteiger partial charge in [-0.2, -0.15) is 0 Å². The second kappa shape index (κ2) is 7.03. The average molecular weight is 367 g/mol. The van der Waals surface area contributed by atoms with Crippen LogP contribution in [0.2, 0.25) is 0 Å². The van der Waals surface area contributed by atoms with Crippen LogP contribution in [0.3, 0.4) is 0 Å². The summed E-state index contributed by atoms with van der Waals surface area (Å²) in [5.74, 6) is -0.999. The summed E-state index contributed by atoms with van der Waals surface area (Å²) in [4.78, 5) is 24.1. The van der Waals surface area contributed by atoms with Crippen LogP contribution in [0.4, 0.5) is 5.69 Å². The van der Waals surface area contributed by atoms with E-state index in [4.69, 9.17) is 14.4 Å². The third-order valence-corrected chi connectivity index (χ3v) is 4.27. The highest BCUT2D eigenvalue weighted by atomic mass is 32.2. The lowest BCUT2D eigenvalue weighted by molar-refractivity contribution is -0.123. The smallest absolute Gasteiger partial charge is 0.344 e. The van der Waals surface area contributed by atoms with Gasteiger partial charge in [-0.05, 0) is 45.0 Å². The lowest BCUT2D eigenvalue weighted by Gasteiger charge is -2.13. The Morgan fingerprint density at radius 3 is 2.32 bits per heavy atom. The van der Waals surface area contributed by atoms with Crippen LogP contribution in [0.5, 0.6) is 0 Å². The van der Waals surface area contributed by atoms with Gasteiger partial charge < -0.3 is 14.6 Å². The summed E-state index contributed by atoms with van der Waals surface area (Å²) in [5, 5.41) is 11.2. The average Bonchev–Trinajstić information content (AvgIpc) is 2.85. The number of aryl methyl sites for hydroxylation is 2. The first-order chi connectivity index (χ1) is 11.6. The normalized spacial score (nSPS) is 12.5. The van der Waals surface area contributed by atoms with Crippen molar-refractivity contribution in [3.05, 3.63) is 41.3 Å². The highest BCUT2D eigenvalue weighted by molar-refractivity contribution is 7.89. The first-order valence-electron chi connectivity index (χ1n) is 7.17. The molecule has 10 heteroatoms. The number of carbonyl (C=O) groups excluding carboxylic acids is 2. The molecule has 1 atom stereocenters. The summed E-state index contributed by atoms with van der Waals surface area (Å²) >= 11 is 0. The summed E-state index contributed by atoms with van der Waals surface area (Å²) in [6.07, 6.45) is -1.08. The molecule has 25 heavy (non-hydrogen) atoms. The maximum Gasteiger partial charge on any atom is 0.344 e. The molecule has 1 heterocycles. The standard InChI is InChI=1S/C15H17N3O6S/c1-8-13(9(2)24-18-8)15(20)23-10(3)14(19)17-11-4-6-12(7-5-11)25(16,21)22/h4-7,10H,1-3H3,(H,17,19)(H2,16,21,22). The van der Waals surface area contributed by atoms with E-state index in [0.29, 0.717) is 17.1 Å². The molecule has 0 radical (unpaired) electrons. The molecule has 1 aromatic carbocycles. The van der Waals surface area contributed by atoms with Crippen LogP contribution in [0.1, 0.15) is 28.7 Å². The molecule has 0 aliphatic rings. The van der Waals surface area contributed by atoms with Crippen molar-refractivity contribution in [2.45, 2.75) is 31.8 Å². The number of rotatable bonds is 5. The lowest BCUT2D eigenvalue weighted by atomic mass is 10.2. The Hall–Kier alpha value is -2.72. The number of amides is 1. The van der Waals surface area contributed by atoms with E-state index in [-0.39, 0.29) is 10.5 Å². The number of hydrogen-bond acceptors (Lipinski definition) is 7. The van der Waals surface area contributed by atoms with Gasteiger partial charge in [-0.3, -0.25) is 4.79 Å². The molecule has 0 aliphatic carbocycles. The molecule has 2 rings (SSSR count). The number of aromatic nitrogens is 1. The molecule has 0 saturated carbocycles. The summed E-state index contributed by atoms with van der Waals surface area (Å²) in [6.45, 7) is 4.56. The number of esters is 1. The third-order valence-electron chi connectivity index (χ3n) is 3.34. The zero-order chi connectivity index (χ0) is 18.8. The fourth-order valence-corrected chi connectivity index (χ4v) is 2.53. The number of carbonyl (C=O) groups is 2. The maximum absolute atomic E-state index is 12.1. The Labute approximate surface area is 144 Å². The van der Waals surface area contributed by atoms with Crippen LogP contribution in [-0.4, -0.2) is 31.6 Å². The van der Waals surface area contributed by atoms with E-state index in [1.807, 2.05) is 0 Å². The Morgan fingerprint density at radius 2 is 1.84 bits per heavy atom. The minimum atomic E-state index is -3.81. The van der Waals surface area contributed by atoms with Gasteiger partial charge in [0.2, 0.25) is 10.0 Å². The molecular formula is C15H17N3O6S. The second-order valence-electron chi connectivity index (χ2n) is 5.31. The summed E-state index contributed by atoms with van der Waals surface area (Å²) in [5.41, 5.74) is 0.878. The van der Waals surface area contributed by atoms with Crippen LogP contribution < -0.4 is 10.5 Å². The molecule has 0 saturated heterocycles. The number of ether oxygens (including phenoxy) is 1. The Balaban J connectivity index is 2.02. The van der Waals surface area contributed by atoms with E-state index in [1.54, 1.807) is 13.8 Å². The summed E-state index contributed by atoms with van der Waals surface area (Å²) in [7, 11) is -3.81. The van der Waals surface area contributed by atoms with E-state index in [1.165, 1.54) is 31.2 Å². The fraction of sp³-hybridized carbons (Fsp3) is 0.267. The molecule has 1 aromatic heterocycles. The number of nitrogens with two attached hydrogens (primary N) is 1. The van der Waals surface area contributed by atoms with Crippen LogP contribution >= 0.6 is 0 Å². The van der Waals surface area contributed by atoms with Crippen LogP contribution in [0, 0.1) is 13.8 Å². The number of sulfonamides is 1. The van der Waals surface area contributed by atoms with Gasteiger partial charge in [0.25, 0.3) is 5.91 Å². The van der Waals surface area contributed by atoms with Gasteiger partial charge in [0, 0.05) is 5.69 Å². The van der Waals surface area contributed by atoms with Crippen molar-refractivity contribution in [3.8, 4) is 0 Å². The zero-order valence-electron chi connectivity index (χ0n) is 13.8. The first kappa shape index (κ1) is 18.6. The van der Waals surface area contributed by atoms with Gasteiger partial charge in [0.15, 0.2) is 6.10 Å².